The fourth-order valence-electron chi connectivity index (χ4n) is 2.95. The molecule has 8 nitrogen and oxygen atoms in total. The molecular formula is C19H24N2O6. The molecule has 0 radical (unpaired) electrons. The second-order valence-electron chi connectivity index (χ2n) is 7.05. The van der Waals surface area contributed by atoms with Gasteiger partial charge in [0.1, 0.15) is 5.75 Å². The monoisotopic (exact) mass is 376 g/mol. The highest BCUT2D eigenvalue weighted by atomic mass is 16.5. The first kappa shape index (κ1) is 19.2. The van der Waals surface area contributed by atoms with E-state index in [0.29, 0.717) is 37.5 Å². The summed E-state index contributed by atoms with van der Waals surface area (Å²) in [6.45, 7) is 0.563. The zero-order valence-corrected chi connectivity index (χ0v) is 15.0. The van der Waals surface area contributed by atoms with E-state index in [1.165, 1.54) is 0 Å². The first-order valence-electron chi connectivity index (χ1n) is 9.10. The Morgan fingerprint density at radius 3 is 2.63 bits per heavy atom. The molecule has 1 aliphatic heterocycles. The minimum Gasteiger partial charge on any atom is -0.484 e. The molecule has 0 unspecified atom stereocenters. The predicted molar refractivity (Wildman–Crippen MR) is 96.4 cm³/mol. The highest BCUT2D eigenvalue weighted by Gasteiger charge is 2.40. The van der Waals surface area contributed by atoms with Gasteiger partial charge in [-0.05, 0) is 37.8 Å². The van der Waals surface area contributed by atoms with Gasteiger partial charge in [0.25, 0.3) is 5.91 Å². The maximum atomic E-state index is 12.1. The fourth-order valence-corrected chi connectivity index (χ4v) is 2.95. The van der Waals surface area contributed by atoms with Gasteiger partial charge in [0, 0.05) is 37.4 Å². The molecule has 27 heavy (non-hydrogen) atoms. The number of aliphatic carboxylic acids is 1. The summed E-state index contributed by atoms with van der Waals surface area (Å²) >= 11 is 0. The van der Waals surface area contributed by atoms with Crippen molar-refractivity contribution in [2.24, 2.45) is 11.3 Å². The van der Waals surface area contributed by atoms with Gasteiger partial charge in [-0.3, -0.25) is 14.4 Å². The van der Waals surface area contributed by atoms with Crippen LogP contribution in [0.25, 0.3) is 0 Å². The number of anilines is 1. The lowest BCUT2D eigenvalue weighted by Crippen LogP contribution is -2.47. The summed E-state index contributed by atoms with van der Waals surface area (Å²) in [5.74, 6) is -0.758. The van der Waals surface area contributed by atoms with Crippen LogP contribution < -0.4 is 15.4 Å². The Morgan fingerprint density at radius 1 is 1.22 bits per heavy atom. The van der Waals surface area contributed by atoms with Gasteiger partial charge in [-0.2, -0.15) is 0 Å². The van der Waals surface area contributed by atoms with Crippen LogP contribution in [0.1, 0.15) is 25.7 Å². The molecule has 8 heteroatoms. The minimum absolute atomic E-state index is 0.000299. The standard InChI is InChI=1S/C19H24N2O6/c22-16(20-12-19(18(24)25)6-8-26-9-7-19)11-27-15-3-1-2-14(10-15)21-17(23)13-4-5-13/h1-3,10,13H,4-9,11-12H2,(H,20,22)(H,21,23)(H,24,25). The smallest absolute Gasteiger partial charge is 0.311 e. The molecule has 2 fully saturated rings. The maximum Gasteiger partial charge on any atom is 0.311 e. The number of benzene rings is 1. The molecule has 1 saturated heterocycles. The van der Waals surface area contributed by atoms with E-state index in [-0.39, 0.29) is 25.0 Å². The molecule has 2 amide bonds. The second kappa shape index (κ2) is 8.39. The van der Waals surface area contributed by atoms with Gasteiger partial charge in [0.05, 0.1) is 5.41 Å². The van der Waals surface area contributed by atoms with Crippen molar-refractivity contribution in [2.75, 3.05) is 31.7 Å². The predicted octanol–water partition coefficient (Wildman–Crippen LogP) is 1.41. The number of carboxylic acid groups (broad SMARTS) is 1. The maximum absolute atomic E-state index is 12.1. The number of nitrogens with one attached hydrogen (secondary N) is 2. The highest BCUT2D eigenvalue weighted by molar-refractivity contribution is 5.94. The number of hydrogen-bond acceptors (Lipinski definition) is 5. The van der Waals surface area contributed by atoms with E-state index < -0.39 is 17.3 Å². The van der Waals surface area contributed by atoms with E-state index in [9.17, 15) is 19.5 Å². The third kappa shape index (κ3) is 5.19. The molecule has 3 rings (SSSR count). The third-order valence-corrected chi connectivity index (χ3v) is 4.95. The summed E-state index contributed by atoms with van der Waals surface area (Å²) in [5.41, 5.74) is -0.363. The number of carbonyl (C=O) groups excluding carboxylic acids is 2. The summed E-state index contributed by atoms with van der Waals surface area (Å²) in [6.07, 6.45) is 2.58. The van der Waals surface area contributed by atoms with Crippen molar-refractivity contribution in [3.8, 4) is 5.75 Å². The van der Waals surface area contributed by atoms with Crippen LogP contribution in [0.4, 0.5) is 5.69 Å². The number of carbonyl (C=O) groups is 3. The van der Waals surface area contributed by atoms with Crippen LogP contribution in [-0.2, 0) is 19.1 Å². The number of hydrogen-bond donors (Lipinski definition) is 3. The molecule has 3 N–H and O–H groups in total. The Bertz CT molecular complexity index is 710. The lowest BCUT2D eigenvalue weighted by atomic mass is 9.80. The quantitative estimate of drug-likeness (QED) is 0.632. The fraction of sp³-hybridized carbons (Fsp3) is 0.526. The highest BCUT2D eigenvalue weighted by Crippen LogP contribution is 2.31. The summed E-state index contributed by atoms with van der Waals surface area (Å²) in [5, 5.41) is 14.9. The summed E-state index contributed by atoms with van der Waals surface area (Å²) < 4.78 is 10.7. The number of amides is 2. The lowest BCUT2D eigenvalue weighted by Gasteiger charge is -2.33. The van der Waals surface area contributed by atoms with Gasteiger partial charge in [-0.15, -0.1) is 0 Å². The molecule has 1 aromatic carbocycles. The molecular weight excluding hydrogens is 352 g/mol. The molecule has 0 atom stereocenters. The summed E-state index contributed by atoms with van der Waals surface area (Å²) in [7, 11) is 0. The van der Waals surface area contributed by atoms with Crippen molar-refractivity contribution in [3.63, 3.8) is 0 Å². The third-order valence-electron chi connectivity index (χ3n) is 4.95. The van der Waals surface area contributed by atoms with Crippen LogP contribution in [0.3, 0.4) is 0 Å². The van der Waals surface area contributed by atoms with E-state index in [0.717, 1.165) is 12.8 Å². The molecule has 0 bridgehead atoms. The molecule has 0 spiro atoms. The average Bonchev–Trinajstić information content (AvgIpc) is 3.51. The van der Waals surface area contributed by atoms with Crippen molar-refractivity contribution in [1.82, 2.24) is 5.32 Å². The van der Waals surface area contributed by atoms with Gasteiger partial charge in [0.2, 0.25) is 5.91 Å². The van der Waals surface area contributed by atoms with Crippen LogP contribution in [0.5, 0.6) is 5.75 Å². The first-order chi connectivity index (χ1) is 13.0. The second-order valence-corrected chi connectivity index (χ2v) is 7.05. The molecule has 146 valence electrons. The molecule has 2 aliphatic rings. The summed E-state index contributed by atoms with van der Waals surface area (Å²) in [4.78, 5) is 35.4. The van der Waals surface area contributed by atoms with Crippen molar-refractivity contribution in [3.05, 3.63) is 24.3 Å². The van der Waals surface area contributed by atoms with Crippen LogP contribution in [0.15, 0.2) is 24.3 Å². The Labute approximate surface area is 157 Å². The minimum atomic E-state index is -0.985. The number of rotatable bonds is 8. The van der Waals surface area contributed by atoms with E-state index in [4.69, 9.17) is 9.47 Å². The lowest BCUT2D eigenvalue weighted by molar-refractivity contribution is -0.154. The Kier molecular flexibility index (Phi) is 5.95. The topological polar surface area (TPSA) is 114 Å². The van der Waals surface area contributed by atoms with Crippen LogP contribution in [0.2, 0.25) is 0 Å². The molecule has 1 saturated carbocycles. The van der Waals surface area contributed by atoms with E-state index >= 15 is 0 Å². The first-order valence-corrected chi connectivity index (χ1v) is 9.10. The van der Waals surface area contributed by atoms with Crippen molar-refractivity contribution in [1.29, 1.82) is 0 Å². The number of ether oxygens (including phenoxy) is 2. The largest absolute Gasteiger partial charge is 0.484 e. The molecule has 0 aromatic heterocycles. The van der Waals surface area contributed by atoms with Gasteiger partial charge in [-0.1, -0.05) is 6.07 Å². The van der Waals surface area contributed by atoms with E-state index in [1.807, 2.05) is 0 Å². The molecule has 1 aliphatic carbocycles. The summed E-state index contributed by atoms with van der Waals surface area (Å²) in [6, 6.07) is 6.84. The molecule has 1 aromatic rings. The number of carboxylic acids is 1. The van der Waals surface area contributed by atoms with Crippen LogP contribution in [-0.4, -0.2) is 49.3 Å². The Balaban J connectivity index is 1.47. The van der Waals surface area contributed by atoms with Crippen molar-refractivity contribution >= 4 is 23.5 Å². The van der Waals surface area contributed by atoms with Crippen molar-refractivity contribution in [2.45, 2.75) is 25.7 Å². The zero-order valence-electron chi connectivity index (χ0n) is 15.0. The van der Waals surface area contributed by atoms with Crippen LogP contribution >= 0.6 is 0 Å². The van der Waals surface area contributed by atoms with Crippen molar-refractivity contribution < 1.29 is 29.0 Å². The zero-order chi connectivity index (χ0) is 19.3. The normalized spacial score (nSPS) is 18.4. The van der Waals surface area contributed by atoms with E-state index in [1.54, 1.807) is 24.3 Å². The SMILES string of the molecule is O=C(COc1cccc(NC(=O)C2CC2)c1)NCC1(C(=O)O)CCOCC1. The van der Waals surface area contributed by atoms with Gasteiger partial charge in [0.15, 0.2) is 6.61 Å². The van der Waals surface area contributed by atoms with Gasteiger partial charge >= 0.3 is 5.97 Å². The van der Waals surface area contributed by atoms with Gasteiger partial charge in [-0.25, -0.2) is 0 Å². The molecule has 1 heterocycles. The average molecular weight is 376 g/mol. The Morgan fingerprint density at radius 2 is 1.96 bits per heavy atom. The Hall–Kier alpha value is -2.61. The van der Waals surface area contributed by atoms with Gasteiger partial charge < -0.3 is 25.2 Å². The van der Waals surface area contributed by atoms with Crippen LogP contribution in [0, 0.1) is 11.3 Å². The van der Waals surface area contributed by atoms with E-state index in [2.05, 4.69) is 10.6 Å².